The number of aliphatic hydroxyl groups excluding tert-OH is 1. The van der Waals surface area contributed by atoms with E-state index in [0.29, 0.717) is 25.9 Å². The molecule has 0 spiro atoms. The van der Waals surface area contributed by atoms with Crippen LogP contribution in [0, 0.1) is 0 Å². The first kappa shape index (κ1) is 24.1. The van der Waals surface area contributed by atoms with Crippen LogP contribution < -0.4 is 10.6 Å². The number of hydrogen-bond donors (Lipinski definition) is 4. The highest BCUT2D eigenvalue weighted by molar-refractivity contribution is 5.92. The lowest BCUT2D eigenvalue weighted by atomic mass is 9.71. The Bertz CT molecular complexity index is 744. The predicted molar refractivity (Wildman–Crippen MR) is 113 cm³/mol. The summed E-state index contributed by atoms with van der Waals surface area (Å²) in [6, 6.07) is 7.71. The summed E-state index contributed by atoms with van der Waals surface area (Å²) in [6.07, 6.45) is 1.38. The fourth-order valence-electron chi connectivity index (χ4n) is 4.30. The number of aliphatic carboxylic acids is 1. The minimum atomic E-state index is -1.38. The Labute approximate surface area is 182 Å². The Hall–Kier alpha value is -2.16. The second kappa shape index (κ2) is 10.2. The molecule has 0 radical (unpaired) electrons. The number of carbonyl (C=O) groups is 3. The lowest BCUT2D eigenvalue weighted by Crippen LogP contribution is -2.58. The van der Waals surface area contributed by atoms with Crippen LogP contribution in [-0.2, 0) is 19.8 Å². The molecule has 8 nitrogen and oxygen atoms in total. The first-order valence-electron chi connectivity index (χ1n) is 10.1. The Morgan fingerprint density at radius 1 is 1.20 bits per heavy atom. The number of piperidine rings is 1. The Balaban J connectivity index is 0.00000320. The van der Waals surface area contributed by atoms with Crippen molar-refractivity contribution < 1.29 is 24.6 Å². The van der Waals surface area contributed by atoms with Gasteiger partial charge < -0.3 is 25.7 Å². The van der Waals surface area contributed by atoms with E-state index in [1.165, 1.54) is 6.92 Å². The van der Waals surface area contributed by atoms with Gasteiger partial charge in [0.25, 0.3) is 0 Å². The van der Waals surface area contributed by atoms with Crippen LogP contribution in [0.15, 0.2) is 30.3 Å². The van der Waals surface area contributed by atoms with E-state index in [4.69, 9.17) is 0 Å². The van der Waals surface area contributed by atoms with Gasteiger partial charge >= 0.3 is 5.97 Å². The third-order valence-electron chi connectivity index (χ3n) is 6.08. The Morgan fingerprint density at radius 2 is 1.83 bits per heavy atom. The molecule has 0 bridgehead atoms. The fourth-order valence-corrected chi connectivity index (χ4v) is 4.30. The third-order valence-corrected chi connectivity index (χ3v) is 6.08. The van der Waals surface area contributed by atoms with Gasteiger partial charge in [-0.05, 0) is 44.7 Å². The van der Waals surface area contributed by atoms with E-state index in [-0.39, 0.29) is 24.4 Å². The molecule has 1 aromatic rings. The number of carboxylic acid groups (broad SMARTS) is 1. The van der Waals surface area contributed by atoms with Crippen LogP contribution in [0.1, 0.15) is 38.2 Å². The molecule has 0 aromatic heterocycles. The van der Waals surface area contributed by atoms with E-state index in [9.17, 15) is 24.6 Å². The van der Waals surface area contributed by atoms with Gasteiger partial charge in [-0.15, -0.1) is 12.4 Å². The minimum absolute atomic E-state index is 0. The van der Waals surface area contributed by atoms with Crippen LogP contribution in [0.3, 0.4) is 0 Å². The van der Waals surface area contributed by atoms with Gasteiger partial charge in [-0.2, -0.15) is 0 Å². The van der Waals surface area contributed by atoms with E-state index in [1.54, 1.807) is 4.90 Å². The van der Waals surface area contributed by atoms with Crippen LogP contribution in [0.2, 0.25) is 0 Å². The molecule has 0 saturated carbocycles. The Morgan fingerprint density at radius 3 is 2.33 bits per heavy atom. The minimum Gasteiger partial charge on any atom is -0.480 e. The number of amides is 2. The van der Waals surface area contributed by atoms with Crippen molar-refractivity contribution in [2.75, 3.05) is 19.6 Å². The van der Waals surface area contributed by atoms with Gasteiger partial charge in [0.1, 0.15) is 0 Å². The highest BCUT2D eigenvalue weighted by Gasteiger charge is 2.45. The van der Waals surface area contributed by atoms with E-state index < -0.39 is 29.4 Å². The van der Waals surface area contributed by atoms with Crippen molar-refractivity contribution in [2.45, 2.75) is 56.2 Å². The number of nitrogens with zero attached hydrogens (tertiary/aromatic N) is 1. The molecule has 0 aliphatic carbocycles. The monoisotopic (exact) mass is 439 g/mol. The molecule has 30 heavy (non-hydrogen) atoms. The maximum Gasteiger partial charge on any atom is 0.328 e. The van der Waals surface area contributed by atoms with E-state index in [1.807, 2.05) is 30.3 Å². The number of halogens is 1. The number of nitrogens with one attached hydrogen (secondary N) is 2. The van der Waals surface area contributed by atoms with Crippen molar-refractivity contribution in [2.24, 2.45) is 0 Å². The van der Waals surface area contributed by atoms with Gasteiger partial charge in [-0.25, -0.2) is 4.79 Å². The maximum absolute atomic E-state index is 13.3. The molecule has 166 valence electrons. The largest absolute Gasteiger partial charge is 0.480 e. The number of carboxylic acids is 1. The summed E-state index contributed by atoms with van der Waals surface area (Å²) in [6.45, 7) is 3.03. The van der Waals surface area contributed by atoms with Crippen molar-refractivity contribution in [3.63, 3.8) is 0 Å². The number of likely N-dealkylation sites (tertiary alicyclic amines) is 1. The van der Waals surface area contributed by atoms with Crippen molar-refractivity contribution >= 4 is 30.2 Å². The van der Waals surface area contributed by atoms with Gasteiger partial charge in [-0.1, -0.05) is 30.3 Å². The zero-order chi connectivity index (χ0) is 21.0. The van der Waals surface area contributed by atoms with Crippen LogP contribution >= 0.6 is 12.4 Å². The van der Waals surface area contributed by atoms with Gasteiger partial charge in [-0.3, -0.25) is 9.59 Å². The average molecular weight is 440 g/mol. The first-order chi connectivity index (χ1) is 13.8. The molecular weight excluding hydrogens is 410 g/mol. The molecule has 3 atom stereocenters. The normalized spacial score (nSPS) is 22.5. The second-order valence-corrected chi connectivity index (χ2v) is 7.95. The highest BCUT2D eigenvalue weighted by atomic mass is 35.5. The molecule has 3 rings (SSSR count). The average Bonchev–Trinajstić information content (AvgIpc) is 3.26. The molecule has 2 saturated heterocycles. The highest BCUT2D eigenvalue weighted by Crippen LogP contribution is 2.36. The van der Waals surface area contributed by atoms with Gasteiger partial charge in [0, 0.05) is 13.1 Å². The van der Waals surface area contributed by atoms with E-state index in [2.05, 4.69) is 10.6 Å². The summed E-state index contributed by atoms with van der Waals surface area (Å²) in [5.41, 5.74) is -0.151. The molecule has 1 unspecified atom stereocenters. The maximum atomic E-state index is 13.3. The standard InChI is InChI=1S/C21H29N3O5.ClH/c1-14(25)17(19(27)28)23-20(29)21(15-6-3-2-4-7-15)9-12-24(13-10-21)18(26)16-8-5-11-22-16;/h2-4,6-7,14,16-17,22,25H,5,8-13H2,1H3,(H,23,29)(H,27,28);1H/t14?,16-,17+;/m0./s1. The first-order valence-corrected chi connectivity index (χ1v) is 10.1. The van der Waals surface area contributed by atoms with E-state index >= 15 is 0 Å². The molecule has 4 N–H and O–H groups in total. The zero-order valence-corrected chi connectivity index (χ0v) is 17.9. The molecule has 2 aliphatic rings. The number of benzene rings is 1. The SMILES string of the molecule is CC(O)[C@@H](NC(=O)C1(c2ccccc2)CCN(C(=O)[C@@H]2CCCN2)CC1)C(=O)O.Cl. The van der Waals surface area contributed by atoms with Crippen LogP contribution in [0.5, 0.6) is 0 Å². The number of rotatable bonds is 6. The van der Waals surface area contributed by atoms with E-state index in [0.717, 1.165) is 24.9 Å². The zero-order valence-electron chi connectivity index (χ0n) is 17.0. The smallest absolute Gasteiger partial charge is 0.328 e. The quantitative estimate of drug-likeness (QED) is 0.517. The summed E-state index contributed by atoms with van der Waals surface area (Å²) in [5.74, 6) is -1.64. The summed E-state index contributed by atoms with van der Waals surface area (Å²) in [5, 5.41) is 24.8. The Kier molecular flexibility index (Phi) is 8.23. The van der Waals surface area contributed by atoms with Crippen molar-refractivity contribution in [1.29, 1.82) is 0 Å². The summed E-state index contributed by atoms with van der Waals surface area (Å²) < 4.78 is 0. The molecule has 2 amide bonds. The second-order valence-electron chi connectivity index (χ2n) is 7.95. The number of carbonyl (C=O) groups excluding carboxylic acids is 2. The van der Waals surface area contributed by atoms with Gasteiger partial charge in [0.2, 0.25) is 11.8 Å². The van der Waals surface area contributed by atoms with Crippen molar-refractivity contribution in [3.8, 4) is 0 Å². The van der Waals surface area contributed by atoms with Gasteiger partial charge in [0.05, 0.1) is 17.6 Å². The molecule has 2 heterocycles. The topological polar surface area (TPSA) is 119 Å². The number of hydrogen-bond acceptors (Lipinski definition) is 5. The number of aliphatic hydroxyl groups is 1. The lowest BCUT2D eigenvalue weighted by Gasteiger charge is -2.42. The van der Waals surface area contributed by atoms with Crippen LogP contribution in [-0.4, -0.2) is 70.7 Å². The summed E-state index contributed by atoms with van der Waals surface area (Å²) >= 11 is 0. The lowest BCUT2D eigenvalue weighted by molar-refractivity contribution is -0.146. The van der Waals surface area contributed by atoms with Gasteiger partial charge in [0.15, 0.2) is 6.04 Å². The fraction of sp³-hybridized carbons (Fsp3) is 0.571. The summed E-state index contributed by atoms with van der Waals surface area (Å²) in [4.78, 5) is 39.2. The van der Waals surface area contributed by atoms with Crippen LogP contribution in [0.4, 0.5) is 0 Å². The van der Waals surface area contributed by atoms with Crippen molar-refractivity contribution in [1.82, 2.24) is 15.5 Å². The third kappa shape index (κ3) is 4.94. The molecule has 1 aromatic carbocycles. The molecule has 9 heteroatoms. The molecular formula is C21H30ClN3O5. The molecule has 2 fully saturated rings. The predicted octanol–water partition coefficient (Wildman–Crippen LogP) is 0.671. The molecule has 2 aliphatic heterocycles. The van der Waals surface area contributed by atoms with Crippen molar-refractivity contribution in [3.05, 3.63) is 35.9 Å². The van der Waals surface area contributed by atoms with Crippen LogP contribution in [0.25, 0.3) is 0 Å². The summed E-state index contributed by atoms with van der Waals surface area (Å²) in [7, 11) is 0.